The summed E-state index contributed by atoms with van der Waals surface area (Å²) >= 11 is 0. The van der Waals surface area contributed by atoms with E-state index in [0.29, 0.717) is 24.2 Å². The Kier molecular flexibility index (Phi) is 7.99. The number of rotatable bonds is 7. The van der Waals surface area contributed by atoms with E-state index in [1.54, 1.807) is 62.2 Å². The Morgan fingerprint density at radius 1 is 1.11 bits per heavy atom. The molecule has 8 nitrogen and oxygen atoms in total. The zero-order valence-corrected chi connectivity index (χ0v) is 22.7. The molecule has 3 aromatic rings. The molecule has 1 aliphatic rings. The number of hydroxylamine groups is 2. The van der Waals surface area contributed by atoms with E-state index in [4.69, 9.17) is 9.57 Å². The quantitative estimate of drug-likeness (QED) is 0.443. The first-order chi connectivity index (χ1) is 18.0. The molecule has 198 valence electrons. The molecule has 1 N–H and O–H groups in total. The van der Waals surface area contributed by atoms with Crippen LogP contribution in [0.4, 0.5) is 0 Å². The molecule has 0 amide bonds. The van der Waals surface area contributed by atoms with Gasteiger partial charge < -0.3 is 4.74 Å². The second kappa shape index (κ2) is 11.1. The molecule has 0 aliphatic carbocycles. The second-order valence-electron chi connectivity index (χ2n) is 10.3. The summed E-state index contributed by atoms with van der Waals surface area (Å²) in [7, 11) is -2.37. The second-order valence-corrected chi connectivity index (χ2v) is 11.9. The van der Waals surface area contributed by atoms with Crippen molar-refractivity contribution in [3.63, 3.8) is 0 Å². The first-order valence-corrected chi connectivity index (χ1v) is 13.7. The molecule has 9 heteroatoms. The SMILES string of the molecule is COC(=O)[C@H]1CN(Cc2ccc(-c3ccccc3S(=O)(=O)NC(C)(C)C)cc2)O[C@@H]1c1cccc(C#N)c1. The molecule has 0 aromatic heterocycles. The molecule has 38 heavy (non-hydrogen) atoms. The van der Waals surface area contributed by atoms with Gasteiger partial charge >= 0.3 is 5.97 Å². The van der Waals surface area contributed by atoms with Gasteiger partial charge in [-0.05, 0) is 55.7 Å². The number of carbonyl (C=O) groups excluding carboxylic acids is 1. The van der Waals surface area contributed by atoms with E-state index in [0.717, 1.165) is 16.7 Å². The Balaban J connectivity index is 1.54. The first kappa shape index (κ1) is 27.5. The smallest absolute Gasteiger partial charge is 0.313 e. The molecular weight excluding hydrogens is 502 g/mol. The molecule has 0 saturated carbocycles. The van der Waals surface area contributed by atoms with Crippen molar-refractivity contribution in [2.45, 2.75) is 43.9 Å². The highest BCUT2D eigenvalue weighted by molar-refractivity contribution is 7.89. The van der Waals surface area contributed by atoms with Crippen LogP contribution in [0.1, 0.15) is 43.6 Å². The number of sulfonamides is 1. The van der Waals surface area contributed by atoms with Crippen molar-refractivity contribution >= 4 is 16.0 Å². The van der Waals surface area contributed by atoms with E-state index < -0.39 is 27.6 Å². The average molecular weight is 534 g/mol. The Morgan fingerprint density at radius 2 is 1.82 bits per heavy atom. The van der Waals surface area contributed by atoms with Crippen LogP contribution in [-0.2, 0) is 30.9 Å². The molecule has 1 heterocycles. The van der Waals surface area contributed by atoms with Crippen LogP contribution < -0.4 is 4.72 Å². The van der Waals surface area contributed by atoms with E-state index in [9.17, 15) is 18.5 Å². The Morgan fingerprint density at radius 3 is 2.47 bits per heavy atom. The van der Waals surface area contributed by atoms with Crippen LogP contribution in [0.15, 0.2) is 77.7 Å². The lowest BCUT2D eigenvalue weighted by atomic mass is 9.95. The number of methoxy groups -OCH3 is 1. The van der Waals surface area contributed by atoms with Crippen molar-refractivity contribution in [3.05, 3.63) is 89.5 Å². The minimum absolute atomic E-state index is 0.217. The van der Waals surface area contributed by atoms with Crippen LogP contribution in [0.25, 0.3) is 11.1 Å². The lowest BCUT2D eigenvalue weighted by Gasteiger charge is -2.21. The summed E-state index contributed by atoms with van der Waals surface area (Å²) in [4.78, 5) is 18.9. The molecule has 4 rings (SSSR count). The predicted molar refractivity (Wildman–Crippen MR) is 143 cm³/mol. The maximum absolute atomic E-state index is 13.0. The summed E-state index contributed by atoms with van der Waals surface area (Å²) < 4.78 is 33.8. The van der Waals surface area contributed by atoms with E-state index >= 15 is 0 Å². The molecule has 2 atom stereocenters. The van der Waals surface area contributed by atoms with Crippen molar-refractivity contribution in [2.75, 3.05) is 13.7 Å². The van der Waals surface area contributed by atoms with Gasteiger partial charge in [0.05, 0.1) is 23.6 Å². The minimum atomic E-state index is -3.72. The Hall–Kier alpha value is -3.55. The summed E-state index contributed by atoms with van der Waals surface area (Å²) in [5, 5.41) is 11.0. The highest BCUT2D eigenvalue weighted by atomic mass is 32.2. The maximum atomic E-state index is 13.0. The van der Waals surface area contributed by atoms with Gasteiger partial charge in [-0.25, -0.2) is 13.1 Å². The van der Waals surface area contributed by atoms with Crippen LogP contribution in [0.5, 0.6) is 0 Å². The van der Waals surface area contributed by atoms with Gasteiger partial charge in [0.15, 0.2) is 0 Å². The number of nitriles is 1. The van der Waals surface area contributed by atoms with Crippen LogP contribution in [0.3, 0.4) is 0 Å². The molecular formula is C29H31N3O5S. The normalized spacial score (nSPS) is 18.2. The van der Waals surface area contributed by atoms with Gasteiger partial charge in [-0.1, -0.05) is 54.6 Å². The molecule has 0 unspecified atom stereocenters. The van der Waals surface area contributed by atoms with Gasteiger partial charge in [0.1, 0.15) is 12.0 Å². The van der Waals surface area contributed by atoms with Gasteiger partial charge in [0, 0.05) is 24.2 Å². The van der Waals surface area contributed by atoms with Crippen LogP contribution in [-0.4, -0.2) is 38.6 Å². The molecule has 0 spiro atoms. The first-order valence-electron chi connectivity index (χ1n) is 12.2. The van der Waals surface area contributed by atoms with Crippen LogP contribution in [0, 0.1) is 17.2 Å². The largest absolute Gasteiger partial charge is 0.469 e. The van der Waals surface area contributed by atoms with E-state index in [2.05, 4.69) is 10.8 Å². The Labute approximate surface area is 223 Å². The predicted octanol–water partition coefficient (Wildman–Crippen LogP) is 4.58. The number of benzene rings is 3. The van der Waals surface area contributed by atoms with Gasteiger partial charge in [-0.15, -0.1) is 0 Å². The zero-order chi connectivity index (χ0) is 27.5. The zero-order valence-electron chi connectivity index (χ0n) is 21.8. The molecule has 1 fully saturated rings. The number of hydrogen-bond acceptors (Lipinski definition) is 7. The number of hydrogen-bond donors (Lipinski definition) is 1. The number of ether oxygens (including phenoxy) is 1. The average Bonchev–Trinajstić information content (AvgIpc) is 3.31. The molecule has 0 bridgehead atoms. The van der Waals surface area contributed by atoms with Crippen molar-refractivity contribution in [1.82, 2.24) is 9.79 Å². The topological polar surface area (TPSA) is 109 Å². The summed E-state index contributed by atoms with van der Waals surface area (Å²) in [6, 6.07) is 23.6. The van der Waals surface area contributed by atoms with E-state index in [1.807, 2.05) is 36.4 Å². The number of nitrogens with one attached hydrogen (secondary N) is 1. The fraction of sp³-hybridized carbons (Fsp3) is 0.310. The molecule has 1 aliphatic heterocycles. The number of esters is 1. The van der Waals surface area contributed by atoms with E-state index in [1.165, 1.54) is 7.11 Å². The Bertz CT molecular complexity index is 1460. The number of carbonyl (C=O) groups is 1. The molecule has 0 radical (unpaired) electrons. The maximum Gasteiger partial charge on any atom is 0.313 e. The van der Waals surface area contributed by atoms with Crippen molar-refractivity contribution in [3.8, 4) is 17.2 Å². The van der Waals surface area contributed by atoms with Gasteiger partial charge in [-0.2, -0.15) is 10.3 Å². The third-order valence-corrected chi connectivity index (χ3v) is 7.93. The fourth-order valence-electron chi connectivity index (χ4n) is 4.51. The monoisotopic (exact) mass is 533 g/mol. The van der Waals surface area contributed by atoms with Gasteiger partial charge in [0.25, 0.3) is 0 Å². The lowest BCUT2D eigenvalue weighted by Crippen LogP contribution is -2.40. The summed E-state index contributed by atoms with van der Waals surface area (Å²) in [6.45, 7) is 6.15. The summed E-state index contributed by atoms with van der Waals surface area (Å²) in [6.07, 6.45) is -0.567. The standard InChI is InChI=1S/C29H31N3O5S/c1-29(2,3)31-38(34,35)26-11-6-5-10-24(26)22-14-12-20(13-15-22)18-32-19-25(28(33)36-4)27(37-32)23-9-7-8-21(16-23)17-30/h5-16,25,27,31H,18-19H2,1-4H3/t25-,27+/m0/s1. The highest BCUT2D eigenvalue weighted by Crippen LogP contribution is 2.36. The summed E-state index contributed by atoms with van der Waals surface area (Å²) in [5.74, 6) is -0.919. The van der Waals surface area contributed by atoms with Crippen molar-refractivity contribution in [2.24, 2.45) is 5.92 Å². The molecule has 3 aromatic carbocycles. The third-order valence-electron chi connectivity index (χ3n) is 6.12. The van der Waals surface area contributed by atoms with Crippen molar-refractivity contribution < 1.29 is 22.8 Å². The van der Waals surface area contributed by atoms with Crippen molar-refractivity contribution in [1.29, 1.82) is 5.26 Å². The van der Waals surface area contributed by atoms with Crippen LogP contribution in [0.2, 0.25) is 0 Å². The fourth-order valence-corrected chi connectivity index (χ4v) is 6.16. The minimum Gasteiger partial charge on any atom is -0.469 e. The lowest BCUT2D eigenvalue weighted by molar-refractivity contribution is -0.161. The summed E-state index contributed by atoms with van der Waals surface area (Å²) in [5.41, 5.74) is 2.92. The third kappa shape index (κ3) is 6.29. The van der Waals surface area contributed by atoms with Gasteiger partial charge in [0.2, 0.25) is 10.0 Å². The van der Waals surface area contributed by atoms with Crippen LogP contribution >= 0.6 is 0 Å². The van der Waals surface area contributed by atoms with Gasteiger partial charge in [-0.3, -0.25) is 9.63 Å². The highest BCUT2D eigenvalue weighted by Gasteiger charge is 2.41. The number of nitrogens with zero attached hydrogens (tertiary/aromatic N) is 2. The molecule has 1 saturated heterocycles. The van der Waals surface area contributed by atoms with E-state index in [-0.39, 0.29) is 10.9 Å².